The average molecular weight is 345 g/mol. The highest BCUT2D eigenvalue weighted by Crippen LogP contribution is 2.52. The standard InChI is InChI=1S/C18H17ClN2O3/c19-12-3-1-2-4-13(12)20-14(22)7-8-21-17(23)15-10-5-6-11(9-10)16(15)18(21)24/h1-6,10-11,15-16H,7-9H2,(H,20,22)/t10-,11-,15-,16+/m0/s1. The first-order chi connectivity index (χ1) is 11.6. The highest BCUT2D eigenvalue weighted by Gasteiger charge is 2.58. The molecule has 1 N–H and O–H groups in total. The van der Waals surface area contributed by atoms with E-state index in [9.17, 15) is 14.4 Å². The van der Waals surface area contributed by atoms with Crippen LogP contribution in [0, 0.1) is 23.7 Å². The summed E-state index contributed by atoms with van der Waals surface area (Å²) < 4.78 is 0. The molecule has 1 saturated carbocycles. The fourth-order valence-corrected chi connectivity index (χ4v) is 4.36. The summed E-state index contributed by atoms with van der Waals surface area (Å²) in [7, 11) is 0. The number of allylic oxidation sites excluding steroid dienone is 2. The predicted molar refractivity (Wildman–Crippen MR) is 89.1 cm³/mol. The average Bonchev–Trinajstić information content (AvgIpc) is 3.23. The van der Waals surface area contributed by atoms with Crippen LogP contribution < -0.4 is 5.32 Å². The van der Waals surface area contributed by atoms with Crippen molar-refractivity contribution in [3.8, 4) is 0 Å². The molecule has 1 aromatic carbocycles. The molecule has 4 rings (SSSR count). The van der Waals surface area contributed by atoms with Gasteiger partial charge in [-0.05, 0) is 30.4 Å². The Morgan fingerprint density at radius 2 is 1.75 bits per heavy atom. The van der Waals surface area contributed by atoms with Crippen LogP contribution in [0.1, 0.15) is 12.8 Å². The Balaban J connectivity index is 1.38. The van der Waals surface area contributed by atoms with Crippen LogP contribution in [0.25, 0.3) is 0 Å². The Labute approximate surface area is 144 Å². The number of carbonyl (C=O) groups is 3. The molecule has 0 radical (unpaired) electrons. The van der Waals surface area contributed by atoms with Gasteiger partial charge in [0.2, 0.25) is 17.7 Å². The molecule has 124 valence electrons. The van der Waals surface area contributed by atoms with Gasteiger partial charge in [-0.15, -0.1) is 0 Å². The number of anilines is 1. The molecule has 5 nitrogen and oxygen atoms in total. The van der Waals surface area contributed by atoms with Crippen molar-refractivity contribution in [3.05, 3.63) is 41.4 Å². The second-order valence-corrected chi connectivity index (χ2v) is 7.01. The lowest BCUT2D eigenvalue weighted by Gasteiger charge is -2.17. The van der Waals surface area contributed by atoms with Crippen molar-refractivity contribution >= 4 is 35.0 Å². The van der Waals surface area contributed by atoms with Crippen molar-refractivity contribution in [2.24, 2.45) is 23.7 Å². The number of amides is 3. The van der Waals surface area contributed by atoms with Gasteiger partial charge in [-0.3, -0.25) is 19.3 Å². The molecular weight excluding hydrogens is 328 g/mol. The molecule has 1 heterocycles. The molecule has 4 atom stereocenters. The number of halogens is 1. The van der Waals surface area contributed by atoms with E-state index in [-0.39, 0.29) is 54.4 Å². The van der Waals surface area contributed by atoms with Crippen molar-refractivity contribution in [3.63, 3.8) is 0 Å². The molecule has 3 amide bonds. The molecule has 6 heteroatoms. The fourth-order valence-electron chi connectivity index (χ4n) is 4.17. The molecule has 1 aliphatic heterocycles. The van der Waals surface area contributed by atoms with E-state index in [1.54, 1.807) is 24.3 Å². The number of rotatable bonds is 4. The monoisotopic (exact) mass is 344 g/mol. The number of carbonyl (C=O) groups excluding carboxylic acids is 3. The van der Waals surface area contributed by atoms with Crippen molar-refractivity contribution in [1.29, 1.82) is 0 Å². The second kappa shape index (κ2) is 5.74. The van der Waals surface area contributed by atoms with Crippen LogP contribution in [-0.4, -0.2) is 29.2 Å². The zero-order valence-electron chi connectivity index (χ0n) is 12.9. The van der Waals surface area contributed by atoms with Crippen molar-refractivity contribution < 1.29 is 14.4 Å². The Morgan fingerprint density at radius 1 is 1.12 bits per heavy atom. The van der Waals surface area contributed by atoms with Gasteiger partial charge in [0.15, 0.2) is 0 Å². The lowest BCUT2D eigenvalue weighted by molar-refractivity contribution is -0.140. The Hall–Kier alpha value is -2.14. The third-order valence-electron chi connectivity index (χ3n) is 5.27. The van der Waals surface area contributed by atoms with Gasteiger partial charge in [-0.2, -0.15) is 0 Å². The minimum atomic E-state index is -0.262. The van der Waals surface area contributed by atoms with Crippen LogP contribution in [0.4, 0.5) is 5.69 Å². The van der Waals surface area contributed by atoms with E-state index in [2.05, 4.69) is 17.5 Å². The third kappa shape index (κ3) is 2.35. The van der Waals surface area contributed by atoms with E-state index in [4.69, 9.17) is 11.6 Å². The number of hydrogen-bond acceptors (Lipinski definition) is 3. The molecule has 0 unspecified atom stereocenters. The maximum Gasteiger partial charge on any atom is 0.233 e. The minimum absolute atomic E-state index is 0.0743. The van der Waals surface area contributed by atoms with Crippen LogP contribution in [-0.2, 0) is 14.4 Å². The summed E-state index contributed by atoms with van der Waals surface area (Å²) in [5, 5.41) is 3.17. The molecular formula is C18H17ClN2O3. The summed E-state index contributed by atoms with van der Waals surface area (Å²) in [5.74, 6) is -0.531. The third-order valence-corrected chi connectivity index (χ3v) is 5.60. The van der Waals surface area contributed by atoms with Gasteiger partial charge >= 0.3 is 0 Å². The summed E-state index contributed by atoms with van der Waals surface area (Å²) in [6.07, 6.45) is 5.10. The molecule has 1 saturated heterocycles. The molecule has 1 aromatic rings. The molecule has 0 spiro atoms. The first-order valence-electron chi connectivity index (χ1n) is 8.14. The van der Waals surface area contributed by atoms with Crippen LogP contribution in [0.2, 0.25) is 5.02 Å². The number of hydrogen-bond donors (Lipinski definition) is 1. The number of nitrogens with one attached hydrogen (secondary N) is 1. The summed E-state index contributed by atoms with van der Waals surface area (Å²) >= 11 is 6.01. The first kappa shape index (κ1) is 15.4. The summed E-state index contributed by atoms with van der Waals surface area (Å²) in [4.78, 5) is 38.4. The van der Waals surface area contributed by atoms with Crippen LogP contribution in [0.3, 0.4) is 0 Å². The van der Waals surface area contributed by atoms with Gasteiger partial charge in [0.25, 0.3) is 0 Å². The normalized spacial score (nSPS) is 30.1. The SMILES string of the molecule is O=C(CCN1C(=O)[C@@H]2[C@H](C1=O)[C@H]1C=C[C@H]2C1)Nc1ccccc1Cl. The molecule has 2 bridgehead atoms. The van der Waals surface area contributed by atoms with Gasteiger partial charge in [0, 0.05) is 13.0 Å². The van der Waals surface area contributed by atoms with E-state index in [0.717, 1.165) is 6.42 Å². The zero-order valence-corrected chi connectivity index (χ0v) is 13.7. The summed E-state index contributed by atoms with van der Waals surface area (Å²) in [5.41, 5.74) is 0.530. The van der Waals surface area contributed by atoms with Crippen LogP contribution in [0.15, 0.2) is 36.4 Å². The van der Waals surface area contributed by atoms with E-state index in [0.29, 0.717) is 10.7 Å². The fraction of sp³-hybridized carbons (Fsp3) is 0.389. The second-order valence-electron chi connectivity index (χ2n) is 6.61. The number of likely N-dealkylation sites (tertiary alicyclic amines) is 1. The number of benzene rings is 1. The zero-order chi connectivity index (χ0) is 16.8. The molecule has 2 fully saturated rings. The Kier molecular flexibility index (Phi) is 3.68. The number of fused-ring (bicyclic) bond motifs is 5. The topological polar surface area (TPSA) is 66.5 Å². The summed E-state index contributed by atoms with van der Waals surface area (Å²) in [6, 6.07) is 6.95. The lowest BCUT2D eigenvalue weighted by Crippen LogP contribution is -2.35. The van der Waals surface area contributed by atoms with Gasteiger partial charge in [0.05, 0.1) is 22.5 Å². The molecule has 3 aliphatic rings. The highest BCUT2D eigenvalue weighted by atomic mass is 35.5. The van der Waals surface area contributed by atoms with E-state index in [1.165, 1.54) is 4.90 Å². The molecule has 2 aliphatic carbocycles. The number of imide groups is 1. The molecule has 24 heavy (non-hydrogen) atoms. The quantitative estimate of drug-likeness (QED) is 0.674. The summed E-state index contributed by atoms with van der Waals surface area (Å²) in [6.45, 7) is 0.125. The van der Waals surface area contributed by atoms with Gasteiger partial charge < -0.3 is 5.32 Å². The lowest BCUT2D eigenvalue weighted by atomic mass is 9.85. The van der Waals surface area contributed by atoms with Gasteiger partial charge in [-0.1, -0.05) is 35.9 Å². The van der Waals surface area contributed by atoms with Crippen LogP contribution in [0.5, 0.6) is 0 Å². The Morgan fingerprint density at radius 3 is 2.38 bits per heavy atom. The van der Waals surface area contributed by atoms with E-state index in [1.807, 2.05) is 0 Å². The van der Waals surface area contributed by atoms with Crippen molar-refractivity contribution in [2.75, 3.05) is 11.9 Å². The van der Waals surface area contributed by atoms with Gasteiger partial charge in [-0.25, -0.2) is 0 Å². The predicted octanol–water partition coefficient (Wildman–Crippen LogP) is 2.48. The van der Waals surface area contributed by atoms with Crippen molar-refractivity contribution in [1.82, 2.24) is 4.90 Å². The van der Waals surface area contributed by atoms with Crippen molar-refractivity contribution in [2.45, 2.75) is 12.8 Å². The highest BCUT2D eigenvalue weighted by molar-refractivity contribution is 6.33. The first-order valence-corrected chi connectivity index (χ1v) is 8.52. The van der Waals surface area contributed by atoms with Crippen LogP contribution >= 0.6 is 11.6 Å². The maximum absolute atomic E-state index is 12.5. The minimum Gasteiger partial charge on any atom is -0.325 e. The molecule has 0 aromatic heterocycles. The van der Waals surface area contributed by atoms with E-state index >= 15 is 0 Å². The smallest absolute Gasteiger partial charge is 0.233 e. The Bertz CT molecular complexity index is 730. The largest absolute Gasteiger partial charge is 0.325 e. The van der Waals surface area contributed by atoms with E-state index < -0.39 is 0 Å². The van der Waals surface area contributed by atoms with Gasteiger partial charge in [0.1, 0.15) is 0 Å². The number of nitrogens with zero attached hydrogens (tertiary/aromatic N) is 1. The maximum atomic E-state index is 12.5. The number of para-hydroxylation sites is 1.